The van der Waals surface area contributed by atoms with Crippen LogP contribution in [-0.4, -0.2) is 10.1 Å². The minimum atomic E-state index is -0.330. The highest BCUT2D eigenvalue weighted by atomic mass is 16.5. The molecule has 1 saturated carbocycles. The van der Waals surface area contributed by atoms with Gasteiger partial charge in [0.2, 0.25) is 0 Å². The van der Waals surface area contributed by atoms with Crippen LogP contribution in [0.2, 0.25) is 0 Å². The lowest BCUT2D eigenvalue weighted by Crippen LogP contribution is -2.44. The lowest BCUT2D eigenvalue weighted by molar-refractivity contribution is 0.229. The molecule has 0 aromatic carbocycles. The molecular formula is C11H17N3O. The molecule has 2 N–H and O–H groups in total. The van der Waals surface area contributed by atoms with Crippen molar-refractivity contribution in [1.29, 1.82) is 0 Å². The van der Waals surface area contributed by atoms with E-state index in [1.807, 2.05) is 20.8 Å². The number of allylic oxidation sites excluding steroid dienone is 2. The van der Waals surface area contributed by atoms with E-state index in [4.69, 9.17) is 10.3 Å². The molecule has 0 bridgehead atoms. The van der Waals surface area contributed by atoms with Crippen LogP contribution in [0.3, 0.4) is 0 Å². The summed E-state index contributed by atoms with van der Waals surface area (Å²) < 4.78 is 5.21. The summed E-state index contributed by atoms with van der Waals surface area (Å²) in [6, 6.07) is 0. The normalized spacial score (nSPS) is 18.4. The summed E-state index contributed by atoms with van der Waals surface area (Å²) in [6.07, 6.45) is 3.07. The molecule has 15 heavy (non-hydrogen) atoms. The van der Waals surface area contributed by atoms with E-state index in [2.05, 4.69) is 10.1 Å². The number of hydrogen-bond acceptors (Lipinski definition) is 4. The van der Waals surface area contributed by atoms with Crippen molar-refractivity contribution in [2.75, 3.05) is 0 Å². The second-order valence-electron chi connectivity index (χ2n) is 4.56. The summed E-state index contributed by atoms with van der Waals surface area (Å²) in [5.41, 5.74) is 8.01. The lowest BCUT2D eigenvalue weighted by Gasteiger charge is -2.34. The van der Waals surface area contributed by atoms with Gasteiger partial charge in [-0.3, -0.25) is 0 Å². The number of rotatable bonds is 2. The maximum absolute atomic E-state index is 6.11. The van der Waals surface area contributed by atoms with Crippen molar-refractivity contribution in [2.45, 2.75) is 45.6 Å². The Bertz CT molecular complexity index is 398. The van der Waals surface area contributed by atoms with Gasteiger partial charge in [0.1, 0.15) is 0 Å². The van der Waals surface area contributed by atoms with E-state index in [1.54, 1.807) is 0 Å². The van der Waals surface area contributed by atoms with Gasteiger partial charge in [0.15, 0.2) is 5.82 Å². The molecule has 1 aromatic rings. The van der Waals surface area contributed by atoms with Gasteiger partial charge in [-0.2, -0.15) is 4.98 Å². The third kappa shape index (κ3) is 1.69. The molecule has 4 heteroatoms. The Morgan fingerprint density at radius 1 is 1.33 bits per heavy atom. The van der Waals surface area contributed by atoms with Crippen LogP contribution >= 0.6 is 0 Å². The standard InChI is InChI=1S/C11H17N3O/c1-7(2)8(3)9-13-10(14-15-9)11(12)5-4-6-11/h4-6,12H2,1-3H3. The number of hydrogen-bond donors (Lipinski definition) is 1. The van der Waals surface area contributed by atoms with Crippen LogP contribution in [0.5, 0.6) is 0 Å². The van der Waals surface area contributed by atoms with Gasteiger partial charge in [0, 0.05) is 5.57 Å². The molecule has 1 aliphatic carbocycles. The molecular weight excluding hydrogens is 190 g/mol. The van der Waals surface area contributed by atoms with Gasteiger partial charge in [-0.15, -0.1) is 0 Å². The second-order valence-corrected chi connectivity index (χ2v) is 4.56. The van der Waals surface area contributed by atoms with Crippen LogP contribution in [0.1, 0.15) is 51.7 Å². The molecule has 1 aliphatic rings. The van der Waals surface area contributed by atoms with Crippen LogP contribution in [-0.2, 0) is 5.54 Å². The van der Waals surface area contributed by atoms with E-state index in [1.165, 1.54) is 5.57 Å². The first-order chi connectivity index (χ1) is 7.03. The minimum absolute atomic E-state index is 0.330. The summed E-state index contributed by atoms with van der Waals surface area (Å²) in [5.74, 6) is 1.26. The maximum atomic E-state index is 6.11. The third-order valence-electron chi connectivity index (χ3n) is 3.19. The number of nitrogens with two attached hydrogens (primary N) is 1. The van der Waals surface area contributed by atoms with E-state index < -0.39 is 0 Å². The molecule has 0 aliphatic heterocycles. The van der Waals surface area contributed by atoms with Gasteiger partial charge >= 0.3 is 0 Å². The molecule has 0 saturated heterocycles. The van der Waals surface area contributed by atoms with E-state index in [0.717, 1.165) is 24.8 Å². The Kier molecular flexibility index (Phi) is 2.38. The zero-order valence-electron chi connectivity index (χ0n) is 9.50. The maximum Gasteiger partial charge on any atom is 0.253 e. The Hall–Kier alpha value is -1.16. The second kappa shape index (κ2) is 3.45. The van der Waals surface area contributed by atoms with Crippen LogP contribution in [0.15, 0.2) is 10.1 Å². The number of nitrogens with zero attached hydrogens (tertiary/aromatic N) is 2. The highest BCUT2D eigenvalue weighted by molar-refractivity contribution is 5.58. The largest absolute Gasteiger partial charge is 0.334 e. The summed E-state index contributed by atoms with van der Waals surface area (Å²) in [5, 5.41) is 3.97. The summed E-state index contributed by atoms with van der Waals surface area (Å²) in [7, 11) is 0. The summed E-state index contributed by atoms with van der Waals surface area (Å²) >= 11 is 0. The lowest BCUT2D eigenvalue weighted by atomic mass is 9.77. The van der Waals surface area contributed by atoms with Crippen molar-refractivity contribution >= 4 is 5.57 Å². The highest BCUT2D eigenvalue weighted by Crippen LogP contribution is 2.37. The van der Waals surface area contributed by atoms with Crippen molar-refractivity contribution in [2.24, 2.45) is 5.73 Å². The fourth-order valence-electron chi connectivity index (χ4n) is 1.57. The molecule has 0 unspecified atom stereocenters. The molecule has 0 spiro atoms. The first-order valence-corrected chi connectivity index (χ1v) is 5.30. The summed E-state index contributed by atoms with van der Waals surface area (Å²) in [4.78, 5) is 4.36. The molecule has 1 fully saturated rings. The fraction of sp³-hybridized carbons (Fsp3) is 0.636. The minimum Gasteiger partial charge on any atom is -0.334 e. The zero-order valence-corrected chi connectivity index (χ0v) is 9.50. The van der Waals surface area contributed by atoms with Gasteiger partial charge in [-0.05, 0) is 40.0 Å². The average Bonchev–Trinajstić information content (AvgIpc) is 2.61. The van der Waals surface area contributed by atoms with E-state index in [-0.39, 0.29) is 5.54 Å². The van der Waals surface area contributed by atoms with Crippen molar-refractivity contribution in [3.05, 3.63) is 17.3 Å². The molecule has 1 heterocycles. The Morgan fingerprint density at radius 2 is 2.00 bits per heavy atom. The molecule has 1 aromatic heterocycles. The third-order valence-corrected chi connectivity index (χ3v) is 3.19. The van der Waals surface area contributed by atoms with E-state index in [0.29, 0.717) is 11.7 Å². The predicted molar refractivity (Wildman–Crippen MR) is 58.0 cm³/mol. The summed E-state index contributed by atoms with van der Waals surface area (Å²) in [6.45, 7) is 6.04. The van der Waals surface area contributed by atoms with Gasteiger partial charge in [0.05, 0.1) is 5.54 Å². The Labute approximate surface area is 89.5 Å². The topological polar surface area (TPSA) is 64.9 Å². The van der Waals surface area contributed by atoms with E-state index >= 15 is 0 Å². The molecule has 0 amide bonds. The van der Waals surface area contributed by atoms with Crippen LogP contribution in [0, 0.1) is 0 Å². The molecule has 0 radical (unpaired) electrons. The van der Waals surface area contributed by atoms with Crippen LogP contribution in [0.4, 0.5) is 0 Å². The highest BCUT2D eigenvalue weighted by Gasteiger charge is 2.39. The van der Waals surface area contributed by atoms with Crippen molar-refractivity contribution in [3.63, 3.8) is 0 Å². The van der Waals surface area contributed by atoms with Gasteiger partial charge in [-0.25, -0.2) is 0 Å². The molecule has 82 valence electrons. The smallest absolute Gasteiger partial charge is 0.253 e. The van der Waals surface area contributed by atoms with Crippen LogP contribution < -0.4 is 5.73 Å². The Morgan fingerprint density at radius 3 is 2.47 bits per heavy atom. The van der Waals surface area contributed by atoms with Gasteiger partial charge < -0.3 is 10.3 Å². The van der Waals surface area contributed by atoms with Crippen molar-refractivity contribution < 1.29 is 4.52 Å². The number of aromatic nitrogens is 2. The molecule has 2 rings (SSSR count). The van der Waals surface area contributed by atoms with Crippen LogP contribution in [0.25, 0.3) is 5.57 Å². The first-order valence-electron chi connectivity index (χ1n) is 5.30. The average molecular weight is 207 g/mol. The van der Waals surface area contributed by atoms with E-state index in [9.17, 15) is 0 Å². The zero-order chi connectivity index (χ0) is 11.1. The first kappa shape index (κ1) is 10.4. The van der Waals surface area contributed by atoms with Crippen molar-refractivity contribution in [3.8, 4) is 0 Å². The van der Waals surface area contributed by atoms with Crippen molar-refractivity contribution in [1.82, 2.24) is 10.1 Å². The quantitative estimate of drug-likeness (QED) is 0.807. The molecule has 4 nitrogen and oxygen atoms in total. The predicted octanol–water partition coefficient (Wildman–Crippen LogP) is 2.22. The monoisotopic (exact) mass is 207 g/mol. The molecule has 0 atom stereocenters. The van der Waals surface area contributed by atoms with Gasteiger partial charge in [-0.1, -0.05) is 10.7 Å². The SMILES string of the molecule is CC(C)=C(C)c1nc(C2(N)CCC2)no1. The van der Waals surface area contributed by atoms with Gasteiger partial charge in [0.25, 0.3) is 5.89 Å². The fourth-order valence-corrected chi connectivity index (χ4v) is 1.57. The Balaban J connectivity index is 2.28.